The number of nitriles is 1. The fraction of sp³-hybridized carbons (Fsp3) is 0.348. The molecule has 10 heteroatoms. The largest absolute Gasteiger partial charge is 0.382 e. The van der Waals surface area contributed by atoms with Crippen LogP contribution in [0.5, 0.6) is 0 Å². The van der Waals surface area contributed by atoms with E-state index < -0.39 is 0 Å². The number of aromatic nitrogens is 4. The number of nitrogens with one attached hydrogen (secondary N) is 1. The molecule has 3 N–H and O–H groups in total. The van der Waals surface area contributed by atoms with Crippen LogP contribution in [0.4, 0.5) is 10.2 Å². The van der Waals surface area contributed by atoms with Gasteiger partial charge in [-0.1, -0.05) is 11.8 Å². The summed E-state index contributed by atoms with van der Waals surface area (Å²) in [7, 11) is 0. The number of nitrogens with two attached hydrogens (primary N) is 1. The molecule has 3 rings (SSSR count). The summed E-state index contributed by atoms with van der Waals surface area (Å²) in [4.78, 5) is 21.2. The molecular formula is C23H26FN7OS. The Morgan fingerprint density at radius 2 is 1.88 bits per heavy atom. The van der Waals surface area contributed by atoms with Gasteiger partial charge in [0, 0.05) is 24.4 Å². The summed E-state index contributed by atoms with van der Waals surface area (Å²) in [5.41, 5.74) is 10.3. The number of nitrogen functional groups attached to an aromatic ring is 1. The number of benzene rings is 1. The molecule has 0 spiro atoms. The fourth-order valence-electron chi connectivity index (χ4n) is 3.53. The van der Waals surface area contributed by atoms with Crippen LogP contribution in [-0.4, -0.2) is 38.5 Å². The Balaban J connectivity index is 1.53. The standard InChI is InChI=1S/C23H26FN7OS/c1-14-18(15(2)29-23(28-14)33-3)10-11-21(32)27-12-4-5-20-19(13-25)22(26)31(30-20)17-8-6-16(24)7-9-17/h6-9H,4-5,10-12,26H2,1-3H3,(H,27,32). The van der Waals surface area contributed by atoms with Crippen LogP contribution >= 0.6 is 11.8 Å². The van der Waals surface area contributed by atoms with Crippen LogP contribution < -0.4 is 11.1 Å². The lowest BCUT2D eigenvalue weighted by atomic mass is 10.1. The highest BCUT2D eigenvalue weighted by atomic mass is 32.2. The molecule has 0 aliphatic heterocycles. The summed E-state index contributed by atoms with van der Waals surface area (Å²) in [5, 5.41) is 17.5. The first kappa shape index (κ1) is 24.2. The number of amides is 1. The first-order valence-corrected chi connectivity index (χ1v) is 11.7. The molecule has 0 bridgehead atoms. The SMILES string of the molecule is CSc1nc(C)c(CCC(=O)NCCCc2nn(-c3ccc(F)cc3)c(N)c2C#N)c(C)n1. The van der Waals surface area contributed by atoms with E-state index in [1.807, 2.05) is 20.1 Å². The van der Waals surface area contributed by atoms with Gasteiger partial charge in [-0.25, -0.2) is 19.0 Å². The van der Waals surface area contributed by atoms with Gasteiger partial charge in [0.05, 0.1) is 11.4 Å². The highest BCUT2D eigenvalue weighted by molar-refractivity contribution is 7.98. The maximum absolute atomic E-state index is 13.2. The number of carbonyl (C=O) groups excluding carboxylic acids is 1. The van der Waals surface area contributed by atoms with E-state index in [0.717, 1.165) is 22.1 Å². The maximum Gasteiger partial charge on any atom is 0.220 e. The molecule has 3 aromatic rings. The molecule has 1 amide bonds. The Kier molecular flexibility index (Phi) is 8.01. The molecule has 0 saturated heterocycles. The summed E-state index contributed by atoms with van der Waals surface area (Å²) in [6, 6.07) is 7.81. The van der Waals surface area contributed by atoms with Gasteiger partial charge in [-0.3, -0.25) is 4.79 Å². The summed E-state index contributed by atoms with van der Waals surface area (Å²) in [5.74, 6) is -0.209. The van der Waals surface area contributed by atoms with Crippen molar-refractivity contribution < 1.29 is 9.18 Å². The molecule has 0 unspecified atom stereocenters. The minimum atomic E-state index is -0.365. The Bertz CT molecular complexity index is 1160. The molecule has 0 atom stereocenters. The summed E-state index contributed by atoms with van der Waals surface area (Å²) < 4.78 is 14.6. The third-order valence-electron chi connectivity index (χ3n) is 5.27. The molecule has 2 heterocycles. The zero-order valence-electron chi connectivity index (χ0n) is 18.9. The molecule has 33 heavy (non-hydrogen) atoms. The van der Waals surface area contributed by atoms with Crippen molar-refractivity contribution in [1.82, 2.24) is 25.1 Å². The minimum absolute atomic E-state index is 0.0559. The van der Waals surface area contributed by atoms with Crippen LogP contribution in [0.15, 0.2) is 29.4 Å². The number of halogens is 1. The molecule has 0 saturated carbocycles. The van der Waals surface area contributed by atoms with Crippen molar-refractivity contribution in [3.8, 4) is 11.8 Å². The number of nitrogens with zero attached hydrogens (tertiary/aromatic N) is 5. The van der Waals surface area contributed by atoms with Crippen LogP contribution in [0.3, 0.4) is 0 Å². The molecule has 0 fully saturated rings. The van der Waals surface area contributed by atoms with E-state index in [9.17, 15) is 14.4 Å². The Morgan fingerprint density at radius 1 is 1.21 bits per heavy atom. The highest BCUT2D eigenvalue weighted by Gasteiger charge is 2.16. The third-order valence-corrected chi connectivity index (χ3v) is 5.82. The number of carbonyl (C=O) groups is 1. The lowest BCUT2D eigenvalue weighted by Gasteiger charge is -2.10. The zero-order chi connectivity index (χ0) is 24.0. The topological polar surface area (TPSA) is 123 Å². The second-order valence-corrected chi connectivity index (χ2v) is 8.29. The van der Waals surface area contributed by atoms with Crippen molar-refractivity contribution >= 4 is 23.5 Å². The van der Waals surface area contributed by atoms with Crippen molar-refractivity contribution in [2.75, 3.05) is 18.5 Å². The maximum atomic E-state index is 13.2. The first-order chi connectivity index (χ1) is 15.8. The van der Waals surface area contributed by atoms with Gasteiger partial charge in [-0.05, 0) is 69.2 Å². The average molecular weight is 468 g/mol. The second-order valence-electron chi connectivity index (χ2n) is 7.52. The lowest BCUT2D eigenvalue weighted by Crippen LogP contribution is -2.25. The van der Waals surface area contributed by atoms with E-state index in [1.54, 1.807) is 12.1 Å². The van der Waals surface area contributed by atoms with Crippen LogP contribution in [0, 0.1) is 31.0 Å². The van der Waals surface area contributed by atoms with Crippen molar-refractivity contribution in [1.29, 1.82) is 5.26 Å². The van der Waals surface area contributed by atoms with E-state index >= 15 is 0 Å². The normalized spacial score (nSPS) is 10.8. The predicted octanol–water partition coefficient (Wildman–Crippen LogP) is 3.28. The number of hydrogen-bond donors (Lipinski definition) is 2. The van der Waals surface area contributed by atoms with E-state index in [0.29, 0.717) is 49.2 Å². The van der Waals surface area contributed by atoms with E-state index in [4.69, 9.17) is 5.73 Å². The molecule has 172 valence electrons. The quantitative estimate of drug-likeness (QED) is 0.281. The predicted molar refractivity (Wildman–Crippen MR) is 126 cm³/mol. The van der Waals surface area contributed by atoms with Crippen LogP contribution in [-0.2, 0) is 17.6 Å². The molecule has 8 nitrogen and oxygen atoms in total. The summed E-state index contributed by atoms with van der Waals surface area (Å²) in [6.07, 6.45) is 3.94. The molecule has 0 aliphatic carbocycles. The molecule has 2 aromatic heterocycles. The molecule has 0 aliphatic rings. The molecule has 1 aromatic carbocycles. The number of aryl methyl sites for hydroxylation is 3. The number of hydrogen-bond acceptors (Lipinski definition) is 7. The number of rotatable bonds is 9. The van der Waals surface area contributed by atoms with Gasteiger partial charge in [0.1, 0.15) is 23.3 Å². The van der Waals surface area contributed by atoms with E-state index in [-0.39, 0.29) is 17.5 Å². The van der Waals surface area contributed by atoms with Gasteiger partial charge < -0.3 is 11.1 Å². The first-order valence-electron chi connectivity index (χ1n) is 10.5. The van der Waals surface area contributed by atoms with E-state index in [2.05, 4.69) is 26.5 Å². The Hall–Kier alpha value is -3.45. The van der Waals surface area contributed by atoms with Crippen molar-refractivity contribution in [3.05, 3.63) is 58.3 Å². The van der Waals surface area contributed by atoms with Crippen LogP contribution in [0.2, 0.25) is 0 Å². The van der Waals surface area contributed by atoms with Gasteiger partial charge in [0.15, 0.2) is 5.16 Å². The second kappa shape index (κ2) is 10.9. The van der Waals surface area contributed by atoms with Crippen molar-refractivity contribution in [2.24, 2.45) is 0 Å². The van der Waals surface area contributed by atoms with Gasteiger partial charge in [-0.2, -0.15) is 10.4 Å². The fourth-order valence-corrected chi connectivity index (χ4v) is 3.98. The van der Waals surface area contributed by atoms with Crippen LogP contribution in [0.25, 0.3) is 5.69 Å². The van der Waals surface area contributed by atoms with Crippen LogP contribution in [0.1, 0.15) is 41.1 Å². The van der Waals surface area contributed by atoms with Crippen molar-refractivity contribution in [2.45, 2.75) is 44.7 Å². The minimum Gasteiger partial charge on any atom is -0.382 e. The highest BCUT2D eigenvalue weighted by Crippen LogP contribution is 2.22. The number of thioether (sulfide) groups is 1. The number of anilines is 1. The Morgan fingerprint density at radius 3 is 2.48 bits per heavy atom. The van der Waals surface area contributed by atoms with Gasteiger partial charge in [0.25, 0.3) is 0 Å². The lowest BCUT2D eigenvalue weighted by molar-refractivity contribution is -0.121. The molecular weight excluding hydrogens is 441 g/mol. The Labute approximate surface area is 196 Å². The smallest absolute Gasteiger partial charge is 0.220 e. The third kappa shape index (κ3) is 5.87. The average Bonchev–Trinajstić information content (AvgIpc) is 3.11. The summed E-state index contributed by atoms with van der Waals surface area (Å²) >= 11 is 1.49. The van der Waals surface area contributed by atoms with E-state index in [1.165, 1.54) is 28.6 Å². The monoisotopic (exact) mass is 467 g/mol. The zero-order valence-corrected chi connectivity index (χ0v) is 19.7. The summed E-state index contributed by atoms with van der Waals surface area (Å²) in [6.45, 7) is 4.32. The molecule has 0 radical (unpaired) electrons. The van der Waals surface area contributed by atoms with Gasteiger partial charge in [-0.15, -0.1) is 0 Å². The van der Waals surface area contributed by atoms with Gasteiger partial charge >= 0.3 is 0 Å². The van der Waals surface area contributed by atoms with Crippen molar-refractivity contribution in [3.63, 3.8) is 0 Å². The van der Waals surface area contributed by atoms with Gasteiger partial charge in [0.2, 0.25) is 5.91 Å².